The first-order chi connectivity index (χ1) is 13.9. The molecular formula is C20H20ClF4N3O2. The molecule has 5 nitrogen and oxygen atoms in total. The molecule has 2 rings (SSSR count). The van der Waals surface area contributed by atoms with Gasteiger partial charge >= 0.3 is 6.18 Å². The molecule has 30 heavy (non-hydrogen) atoms. The highest BCUT2D eigenvalue weighted by Crippen LogP contribution is 2.34. The van der Waals surface area contributed by atoms with Gasteiger partial charge < -0.3 is 16.0 Å². The van der Waals surface area contributed by atoms with Crippen molar-refractivity contribution in [2.24, 2.45) is 5.92 Å². The summed E-state index contributed by atoms with van der Waals surface area (Å²) in [6.45, 7) is 4.70. The number of benzene rings is 2. The van der Waals surface area contributed by atoms with E-state index in [4.69, 9.17) is 11.6 Å². The zero-order chi connectivity index (χ0) is 22.6. The fourth-order valence-electron chi connectivity index (χ4n) is 2.62. The summed E-state index contributed by atoms with van der Waals surface area (Å²) in [7, 11) is 0. The lowest BCUT2D eigenvalue weighted by molar-refractivity contribution is -0.137. The van der Waals surface area contributed by atoms with Crippen LogP contribution >= 0.6 is 11.6 Å². The van der Waals surface area contributed by atoms with Crippen molar-refractivity contribution in [1.29, 1.82) is 0 Å². The average molecular weight is 446 g/mol. The standard InChI is InChI=1S/C20H20ClF4N3O2/c1-10(2)18(28-16-7-4-12(8-14(16)21)20(23,24)25)19(30)27-13-5-6-15(22)17(9-13)26-11(3)29/h4-10,18,28H,1-3H3,(H,26,29)(H,27,30)/t18-/m0/s1. The van der Waals surface area contributed by atoms with Crippen LogP contribution in [0.4, 0.5) is 34.6 Å². The molecule has 0 aliphatic rings. The number of hydrogen-bond donors (Lipinski definition) is 3. The molecule has 0 aromatic heterocycles. The summed E-state index contributed by atoms with van der Waals surface area (Å²) in [4.78, 5) is 23.9. The van der Waals surface area contributed by atoms with Crippen LogP contribution in [0, 0.1) is 11.7 Å². The van der Waals surface area contributed by atoms with E-state index < -0.39 is 35.4 Å². The van der Waals surface area contributed by atoms with Crippen molar-refractivity contribution in [2.45, 2.75) is 33.0 Å². The summed E-state index contributed by atoms with van der Waals surface area (Å²) >= 11 is 5.96. The Morgan fingerprint density at radius 2 is 1.67 bits per heavy atom. The molecule has 0 saturated heterocycles. The Morgan fingerprint density at radius 3 is 2.20 bits per heavy atom. The number of carbonyl (C=O) groups is 2. The largest absolute Gasteiger partial charge is 0.416 e. The number of amides is 2. The average Bonchev–Trinajstić information content (AvgIpc) is 2.61. The van der Waals surface area contributed by atoms with Crippen LogP contribution in [0.25, 0.3) is 0 Å². The maximum Gasteiger partial charge on any atom is 0.416 e. The molecule has 1 atom stereocenters. The molecule has 0 saturated carbocycles. The van der Waals surface area contributed by atoms with Crippen molar-refractivity contribution >= 4 is 40.5 Å². The van der Waals surface area contributed by atoms with Crippen LogP contribution in [-0.4, -0.2) is 17.9 Å². The predicted octanol–water partition coefficient (Wildman–Crippen LogP) is 5.53. The fraction of sp³-hybridized carbons (Fsp3) is 0.300. The maximum atomic E-state index is 13.8. The van der Waals surface area contributed by atoms with Gasteiger partial charge in [0.25, 0.3) is 0 Å². The molecule has 0 fully saturated rings. The van der Waals surface area contributed by atoms with E-state index in [1.165, 1.54) is 19.1 Å². The second kappa shape index (κ2) is 9.34. The van der Waals surface area contributed by atoms with Crippen LogP contribution in [0.15, 0.2) is 36.4 Å². The normalized spacial score (nSPS) is 12.4. The molecule has 2 amide bonds. The van der Waals surface area contributed by atoms with Gasteiger partial charge in [0.1, 0.15) is 11.9 Å². The Morgan fingerprint density at radius 1 is 1.00 bits per heavy atom. The monoisotopic (exact) mass is 445 g/mol. The molecule has 0 bridgehead atoms. The molecule has 0 radical (unpaired) electrons. The minimum atomic E-state index is -4.54. The smallest absolute Gasteiger partial charge is 0.372 e. The van der Waals surface area contributed by atoms with Crippen LogP contribution in [0.3, 0.4) is 0 Å². The number of carbonyl (C=O) groups excluding carboxylic acids is 2. The summed E-state index contributed by atoms with van der Waals surface area (Å²) in [6, 6.07) is 5.61. The lowest BCUT2D eigenvalue weighted by Crippen LogP contribution is -2.39. The minimum Gasteiger partial charge on any atom is -0.372 e. The molecule has 0 unspecified atom stereocenters. The minimum absolute atomic E-state index is 0.0971. The van der Waals surface area contributed by atoms with Crippen molar-refractivity contribution < 1.29 is 27.2 Å². The molecular weight excluding hydrogens is 426 g/mol. The van der Waals surface area contributed by atoms with Crippen molar-refractivity contribution in [3.63, 3.8) is 0 Å². The highest BCUT2D eigenvalue weighted by molar-refractivity contribution is 6.33. The summed E-state index contributed by atoms with van der Waals surface area (Å²) in [5.41, 5.74) is -0.603. The van der Waals surface area contributed by atoms with Crippen molar-refractivity contribution in [2.75, 3.05) is 16.0 Å². The number of hydrogen-bond acceptors (Lipinski definition) is 3. The van der Waals surface area contributed by atoms with Gasteiger partial charge in [-0.3, -0.25) is 9.59 Å². The van der Waals surface area contributed by atoms with Crippen LogP contribution < -0.4 is 16.0 Å². The Balaban J connectivity index is 2.21. The lowest BCUT2D eigenvalue weighted by atomic mass is 10.0. The number of nitrogens with one attached hydrogen (secondary N) is 3. The quantitative estimate of drug-likeness (QED) is 0.512. The van der Waals surface area contributed by atoms with Crippen molar-refractivity contribution in [3.8, 4) is 0 Å². The van der Waals surface area contributed by atoms with E-state index in [1.807, 2.05) is 0 Å². The van der Waals surface area contributed by atoms with Gasteiger partial charge in [-0.15, -0.1) is 0 Å². The Labute approximate surface area is 175 Å². The van der Waals surface area contributed by atoms with Gasteiger partial charge in [-0.1, -0.05) is 25.4 Å². The van der Waals surface area contributed by atoms with Gasteiger partial charge in [-0.2, -0.15) is 13.2 Å². The van der Waals surface area contributed by atoms with Gasteiger partial charge in [-0.05, 0) is 42.3 Å². The lowest BCUT2D eigenvalue weighted by Gasteiger charge is -2.24. The Bertz CT molecular complexity index is 948. The van der Waals surface area contributed by atoms with Crippen LogP contribution in [0.5, 0.6) is 0 Å². The molecule has 10 heteroatoms. The summed E-state index contributed by atoms with van der Waals surface area (Å²) in [5.74, 6) is -1.92. The van der Waals surface area contributed by atoms with Gasteiger partial charge in [0.2, 0.25) is 11.8 Å². The van der Waals surface area contributed by atoms with Gasteiger partial charge in [0.05, 0.1) is 22.0 Å². The Hall–Kier alpha value is -2.81. The van der Waals surface area contributed by atoms with Crippen LogP contribution in [0.1, 0.15) is 26.3 Å². The highest BCUT2D eigenvalue weighted by Gasteiger charge is 2.31. The summed E-state index contributed by atoms with van der Waals surface area (Å²) in [6.07, 6.45) is -4.54. The van der Waals surface area contributed by atoms with E-state index in [9.17, 15) is 27.2 Å². The first-order valence-electron chi connectivity index (χ1n) is 8.89. The zero-order valence-electron chi connectivity index (χ0n) is 16.3. The van der Waals surface area contributed by atoms with Crippen molar-refractivity contribution in [1.82, 2.24) is 0 Å². The highest BCUT2D eigenvalue weighted by atomic mass is 35.5. The molecule has 3 N–H and O–H groups in total. The molecule has 0 aliphatic carbocycles. The molecule has 0 aliphatic heterocycles. The zero-order valence-corrected chi connectivity index (χ0v) is 17.1. The first kappa shape index (κ1) is 23.5. The van der Waals surface area contributed by atoms with Gasteiger partial charge in [0.15, 0.2) is 0 Å². The van der Waals surface area contributed by atoms with E-state index in [0.29, 0.717) is 0 Å². The second-order valence-electron chi connectivity index (χ2n) is 6.92. The van der Waals surface area contributed by atoms with Crippen LogP contribution in [-0.2, 0) is 15.8 Å². The van der Waals surface area contributed by atoms with E-state index in [2.05, 4.69) is 16.0 Å². The number of rotatable bonds is 6. The molecule has 2 aromatic carbocycles. The van der Waals surface area contributed by atoms with Crippen molar-refractivity contribution in [3.05, 3.63) is 52.8 Å². The SMILES string of the molecule is CC(=O)Nc1cc(NC(=O)[C@@H](Nc2ccc(C(F)(F)F)cc2Cl)C(C)C)ccc1F. The summed E-state index contributed by atoms with van der Waals surface area (Å²) in [5, 5.41) is 7.58. The number of anilines is 3. The van der Waals surface area contributed by atoms with E-state index in [-0.39, 0.29) is 28.0 Å². The van der Waals surface area contributed by atoms with Gasteiger partial charge in [0, 0.05) is 12.6 Å². The third kappa shape index (κ3) is 6.09. The molecule has 162 valence electrons. The molecule has 0 heterocycles. The van der Waals surface area contributed by atoms with Gasteiger partial charge in [-0.25, -0.2) is 4.39 Å². The number of halogens is 5. The predicted molar refractivity (Wildman–Crippen MR) is 108 cm³/mol. The van der Waals surface area contributed by atoms with E-state index in [0.717, 1.165) is 24.3 Å². The maximum absolute atomic E-state index is 13.8. The first-order valence-corrected chi connectivity index (χ1v) is 9.27. The second-order valence-corrected chi connectivity index (χ2v) is 7.33. The molecule has 0 spiro atoms. The van der Waals surface area contributed by atoms with Crippen LogP contribution in [0.2, 0.25) is 5.02 Å². The topological polar surface area (TPSA) is 70.2 Å². The Kier molecular flexibility index (Phi) is 7.30. The fourth-order valence-corrected chi connectivity index (χ4v) is 2.85. The summed E-state index contributed by atoms with van der Waals surface area (Å²) < 4.78 is 52.2. The molecule has 2 aromatic rings. The third-order valence-corrected chi connectivity index (χ3v) is 4.41. The van der Waals surface area contributed by atoms with E-state index >= 15 is 0 Å². The third-order valence-electron chi connectivity index (χ3n) is 4.10. The number of alkyl halides is 3. The van der Waals surface area contributed by atoms with E-state index in [1.54, 1.807) is 13.8 Å².